The first-order valence-corrected chi connectivity index (χ1v) is 7.27. The lowest BCUT2D eigenvalue weighted by Gasteiger charge is -2.23. The number of nitrogens with zero attached hydrogens (tertiary/aromatic N) is 2. The van der Waals surface area contributed by atoms with Crippen molar-refractivity contribution in [3.63, 3.8) is 0 Å². The summed E-state index contributed by atoms with van der Waals surface area (Å²) in [7, 11) is 0. The molecule has 8 nitrogen and oxygen atoms in total. The zero-order chi connectivity index (χ0) is 14.4. The van der Waals surface area contributed by atoms with E-state index >= 15 is 0 Å². The average molecular weight is 300 g/mol. The van der Waals surface area contributed by atoms with Crippen LogP contribution in [-0.2, 0) is 14.3 Å². The van der Waals surface area contributed by atoms with Crippen LogP contribution in [-0.4, -0.2) is 61.4 Å². The standard InChI is InChI=1S/C11H17N5O3S/c1-8-14-15-11(20-8)13-10(18)9(17)12-2-3-16-4-6-19-7-5-16/h2-7H2,1H3,(H,12,17)(H,13,15,18)/p+1. The highest BCUT2D eigenvalue weighted by Gasteiger charge is 2.17. The van der Waals surface area contributed by atoms with Crippen LogP contribution in [0.25, 0.3) is 0 Å². The molecule has 1 saturated heterocycles. The second kappa shape index (κ2) is 7.27. The number of ether oxygens (including phenoxy) is 1. The highest BCUT2D eigenvalue weighted by Crippen LogP contribution is 2.12. The Morgan fingerprint density at radius 3 is 2.70 bits per heavy atom. The number of amides is 2. The maximum absolute atomic E-state index is 11.6. The molecule has 0 saturated carbocycles. The minimum atomic E-state index is -0.710. The zero-order valence-corrected chi connectivity index (χ0v) is 12.1. The first kappa shape index (κ1) is 14.8. The highest BCUT2D eigenvalue weighted by atomic mass is 32.1. The molecule has 3 N–H and O–H groups in total. The summed E-state index contributed by atoms with van der Waals surface area (Å²) in [5, 5.41) is 13.6. The van der Waals surface area contributed by atoms with E-state index in [4.69, 9.17) is 4.74 Å². The molecule has 0 bridgehead atoms. The monoisotopic (exact) mass is 300 g/mol. The van der Waals surface area contributed by atoms with E-state index in [2.05, 4.69) is 20.8 Å². The lowest BCUT2D eigenvalue weighted by molar-refractivity contribution is -0.906. The summed E-state index contributed by atoms with van der Waals surface area (Å²) >= 11 is 1.23. The second-order valence-corrected chi connectivity index (χ2v) is 5.63. The van der Waals surface area contributed by atoms with E-state index in [1.165, 1.54) is 16.2 Å². The van der Waals surface area contributed by atoms with Gasteiger partial charge in [0, 0.05) is 0 Å². The van der Waals surface area contributed by atoms with E-state index in [0.717, 1.165) is 37.9 Å². The van der Waals surface area contributed by atoms with Crippen LogP contribution in [0.15, 0.2) is 0 Å². The summed E-state index contributed by atoms with van der Waals surface area (Å²) < 4.78 is 5.25. The molecule has 1 aromatic heterocycles. The van der Waals surface area contributed by atoms with Crippen molar-refractivity contribution in [2.45, 2.75) is 6.92 Å². The van der Waals surface area contributed by atoms with Crippen molar-refractivity contribution in [3.8, 4) is 0 Å². The van der Waals surface area contributed by atoms with Crippen LogP contribution >= 0.6 is 11.3 Å². The van der Waals surface area contributed by atoms with Crippen molar-refractivity contribution < 1.29 is 19.2 Å². The van der Waals surface area contributed by atoms with Crippen LogP contribution < -0.4 is 15.5 Å². The predicted octanol–water partition coefficient (Wildman–Crippen LogP) is -2.18. The number of aryl methyl sites for hydroxylation is 1. The molecule has 1 aliphatic rings. The molecule has 2 heterocycles. The minimum Gasteiger partial charge on any atom is -0.370 e. The van der Waals surface area contributed by atoms with E-state index in [1.54, 1.807) is 6.92 Å². The van der Waals surface area contributed by atoms with Gasteiger partial charge in [-0.05, 0) is 6.92 Å². The molecule has 0 spiro atoms. The van der Waals surface area contributed by atoms with Gasteiger partial charge in [-0.1, -0.05) is 11.3 Å². The van der Waals surface area contributed by atoms with Crippen LogP contribution in [0.5, 0.6) is 0 Å². The Morgan fingerprint density at radius 1 is 1.30 bits per heavy atom. The molecule has 0 aromatic carbocycles. The van der Waals surface area contributed by atoms with Gasteiger partial charge in [-0.15, -0.1) is 10.2 Å². The summed E-state index contributed by atoms with van der Waals surface area (Å²) in [6, 6.07) is 0. The SMILES string of the molecule is Cc1nnc(NC(=O)C(=O)NCC[NH+]2CCOCC2)s1. The van der Waals surface area contributed by atoms with Crippen LogP contribution in [0.2, 0.25) is 0 Å². The van der Waals surface area contributed by atoms with Crippen molar-refractivity contribution in [1.29, 1.82) is 0 Å². The molecule has 2 rings (SSSR count). The Balaban J connectivity index is 1.67. The predicted molar refractivity (Wildman–Crippen MR) is 72.7 cm³/mol. The van der Waals surface area contributed by atoms with E-state index in [0.29, 0.717) is 11.7 Å². The number of anilines is 1. The van der Waals surface area contributed by atoms with Gasteiger partial charge < -0.3 is 15.0 Å². The zero-order valence-electron chi connectivity index (χ0n) is 11.3. The first-order chi connectivity index (χ1) is 9.65. The van der Waals surface area contributed by atoms with Crippen molar-refractivity contribution in [1.82, 2.24) is 15.5 Å². The molecule has 9 heteroatoms. The van der Waals surface area contributed by atoms with Crippen molar-refractivity contribution >= 4 is 28.3 Å². The number of aromatic nitrogens is 2. The molecule has 0 atom stereocenters. The Labute approximate surface area is 120 Å². The van der Waals surface area contributed by atoms with Crippen LogP contribution in [0, 0.1) is 6.92 Å². The quantitative estimate of drug-likeness (QED) is 0.549. The van der Waals surface area contributed by atoms with Crippen molar-refractivity contribution in [2.24, 2.45) is 0 Å². The van der Waals surface area contributed by atoms with E-state index in [-0.39, 0.29) is 0 Å². The molecule has 110 valence electrons. The molecule has 1 aromatic rings. The van der Waals surface area contributed by atoms with Gasteiger partial charge in [-0.3, -0.25) is 14.9 Å². The summed E-state index contributed by atoms with van der Waals surface area (Å²) in [6.45, 7) is 6.41. The molecular formula is C11H18N5O3S+. The van der Waals surface area contributed by atoms with Gasteiger partial charge in [-0.25, -0.2) is 0 Å². The highest BCUT2D eigenvalue weighted by molar-refractivity contribution is 7.15. The fourth-order valence-corrected chi connectivity index (χ4v) is 2.43. The summed E-state index contributed by atoms with van der Waals surface area (Å²) in [5.74, 6) is -1.36. The topological polar surface area (TPSA) is 97.7 Å². The fourth-order valence-electron chi connectivity index (χ4n) is 1.84. The molecular weight excluding hydrogens is 282 g/mol. The van der Waals surface area contributed by atoms with Crippen molar-refractivity contribution in [2.75, 3.05) is 44.7 Å². The largest absolute Gasteiger partial charge is 0.370 e. The Hall–Kier alpha value is -1.58. The van der Waals surface area contributed by atoms with Gasteiger partial charge in [0.05, 0.1) is 26.3 Å². The Bertz CT molecular complexity index is 472. The number of hydrogen-bond acceptors (Lipinski definition) is 6. The maximum atomic E-state index is 11.6. The van der Waals surface area contributed by atoms with Gasteiger partial charge in [0.1, 0.15) is 18.1 Å². The minimum absolute atomic E-state index is 0.335. The summed E-state index contributed by atoms with van der Waals surface area (Å²) in [6.07, 6.45) is 0. The summed E-state index contributed by atoms with van der Waals surface area (Å²) in [5.41, 5.74) is 0. The first-order valence-electron chi connectivity index (χ1n) is 6.46. The number of rotatable bonds is 4. The van der Waals surface area contributed by atoms with E-state index in [1.807, 2.05) is 0 Å². The molecule has 0 unspecified atom stereocenters. The third-order valence-electron chi connectivity index (χ3n) is 2.92. The van der Waals surface area contributed by atoms with Gasteiger partial charge in [0.25, 0.3) is 0 Å². The maximum Gasteiger partial charge on any atom is 0.315 e. The normalized spacial score (nSPS) is 15.8. The second-order valence-electron chi connectivity index (χ2n) is 4.45. The molecule has 0 aliphatic carbocycles. The van der Waals surface area contributed by atoms with Crippen LogP contribution in [0.3, 0.4) is 0 Å². The number of hydrogen-bond donors (Lipinski definition) is 3. The van der Waals surface area contributed by atoms with Gasteiger partial charge in [0.2, 0.25) is 5.13 Å². The van der Waals surface area contributed by atoms with Gasteiger partial charge in [0.15, 0.2) is 0 Å². The lowest BCUT2D eigenvalue weighted by atomic mass is 10.4. The third-order valence-corrected chi connectivity index (χ3v) is 3.67. The average Bonchev–Trinajstić information content (AvgIpc) is 2.85. The van der Waals surface area contributed by atoms with E-state index in [9.17, 15) is 9.59 Å². The van der Waals surface area contributed by atoms with Crippen LogP contribution in [0.4, 0.5) is 5.13 Å². The number of morpholine rings is 1. The molecule has 1 aliphatic heterocycles. The summed E-state index contributed by atoms with van der Waals surface area (Å²) in [4.78, 5) is 24.6. The molecule has 20 heavy (non-hydrogen) atoms. The number of carbonyl (C=O) groups is 2. The number of nitrogens with one attached hydrogen (secondary N) is 3. The van der Waals surface area contributed by atoms with Gasteiger partial charge in [-0.2, -0.15) is 0 Å². The number of carbonyl (C=O) groups excluding carboxylic acids is 2. The lowest BCUT2D eigenvalue weighted by Crippen LogP contribution is -3.14. The Morgan fingerprint density at radius 2 is 2.05 bits per heavy atom. The van der Waals surface area contributed by atoms with Crippen molar-refractivity contribution in [3.05, 3.63) is 5.01 Å². The fraction of sp³-hybridized carbons (Fsp3) is 0.636. The third kappa shape index (κ3) is 4.51. The number of quaternary nitrogens is 1. The van der Waals surface area contributed by atoms with Gasteiger partial charge >= 0.3 is 11.8 Å². The van der Waals surface area contributed by atoms with E-state index < -0.39 is 11.8 Å². The molecule has 2 amide bonds. The molecule has 1 fully saturated rings. The van der Waals surface area contributed by atoms with Crippen LogP contribution in [0.1, 0.15) is 5.01 Å². The Kier molecular flexibility index (Phi) is 5.39. The smallest absolute Gasteiger partial charge is 0.315 e. The molecule has 0 radical (unpaired) electrons.